The predicted molar refractivity (Wildman–Crippen MR) is 57.1 cm³/mol. The Hall–Kier alpha value is 0.401. The molecule has 0 radical (unpaired) electrons. The number of benzene rings is 1. The quantitative estimate of drug-likeness (QED) is 0.527. The zero-order valence-electron chi connectivity index (χ0n) is 10.4. The number of hydrogen-bond donors (Lipinski definition) is 0. The van der Waals surface area contributed by atoms with Crippen LogP contribution in [0.25, 0.3) is 0 Å². The fraction of sp³-hybridized carbons (Fsp3) is 0.400. The summed E-state index contributed by atoms with van der Waals surface area (Å²) in [5.41, 5.74) is -0.883. The molecule has 0 aliphatic rings. The molecule has 0 bridgehead atoms. The van der Waals surface area contributed by atoms with Gasteiger partial charge in [0.1, 0.15) is 6.10 Å². The summed E-state index contributed by atoms with van der Waals surface area (Å²) < 4.78 is 60.3. The van der Waals surface area contributed by atoms with Crippen molar-refractivity contribution >= 4 is 12.4 Å². The van der Waals surface area contributed by atoms with E-state index in [1.807, 2.05) is 0 Å². The van der Waals surface area contributed by atoms with Gasteiger partial charge in [0.2, 0.25) is 0 Å². The molecule has 1 aromatic rings. The third-order valence-corrected chi connectivity index (χ3v) is 2.06. The van der Waals surface area contributed by atoms with E-state index in [9.17, 15) is 17.3 Å². The molecule has 0 N–H and O–H groups in total. The van der Waals surface area contributed by atoms with Gasteiger partial charge in [-0.15, -0.1) is 5.46 Å². The van der Waals surface area contributed by atoms with Gasteiger partial charge in [-0.1, -0.05) is 6.07 Å². The Labute approximate surface area is 146 Å². The molecule has 0 aliphatic heterocycles. The van der Waals surface area contributed by atoms with Gasteiger partial charge in [-0.25, -0.2) is 4.39 Å². The first kappa shape index (κ1) is 18.4. The van der Waals surface area contributed by atoms with Crippen molar-refractivity contribution in [2.45, 2.75) is 13.0 Å². The van der Waals surface area contributed by atoms with Gasteiger partial charge in [0.25, 0.3) is 0 Å². The molecule has 0 aromatic heterocycles. The molecule has 0 saturated carbocycles. The third kappa shape index (κ3) is 5.58. The molecule has 0 heterocycles. The van der Waals surface area contributed by atoms with Crippen molar-refractivity contribution in [2.24, 2.45) is 0 Å². The van der Waals surface area contributed by atoms with E-state index in [0.29, 0.717) is 12.1 Å². The van der Waals surface area contributed by atoms with Gasteiger partial charge in [-0.2, -0.15) is 0 Å². The summed E-state index contributed by atoms with van der Waals surface area (Å²) in [6.07, 6.45) is -0.523. The molecule has 1 rings (SSSR count). The van der Waals surface area contributed by atoms with E-state index in [1.54, 1.807) is 6.92 Å². The Morgan fingerprint density at radius 2 is 1.89 bits per heavy atom. The van der Waals surface area contributed by atoms with Gasteiger partial charge in [-0.05, 0) is 19.1 Å². The maximum atomic E-state index is 13.2. The Balaban J connectivity index is 0.00000289. The molecule has 0 fully saturated rings. The maximum absolute atomic E-state index is 13.2. The summed E-state index contributed by atoms with van der Waals surface area (Å²) in [7, 11) is 1.42. The summed E-state index contributed by atoms with van der Waals surface area (Å²) in [5, 5.41) is 0. The Morgan fingerprint density at radius 3 is 2.39 bits per heavy atom. The zero-order chi connectivity index (χ0) is 13.1. The second kappa shape index (κ2) is 7.86. The van der Waals surface area contributed by atoms with Crippen molar-refractivity contribution in [3.05, 3.63) is 24.0 Å². The predicted octanol–water partition coefficient (Wildman–Crippen LogP) is -0.702. The van der Waals surface area contributed by atoms with Gasteiger partial charge < -0.3 is 22.4 Å². The van der Waals surface area contributed by atoms with Crippen LogP contribution in [-0.4, -0.2) is 26.8 Å². The van der Waals surface area contributed by atoms with E-state index < -0.39 is 30.1 Å². The summed E-state index contributed by atoms with van der Waals surface area (Å²) >= 11 is 0. The molecule has 96 valence electrons. The van der Waals surface area contributed by atoms with E-state index in [1.165, 1.54) is 7.11 Å². The van der Waals surface area contributed by atoms with E-state index in [0.717, 1.165) is 6.07 Å². The average Bonchev–Trinajstić information content (AvgIpc) is 2.20. The number of ether oxygens (including phenoxy) is 2. The second-order valence-corrected chi connectivity index (χ2v) is 3.65. The van der Waals surface area contributed by atoms with E-state index in [2.05, 4.69) is 0 Å². The van der Waals surface area contributed by atoms with E-state index in [4.69, 9.17) is 9.47 Å². The van der Waals surface area contributed by atoms with Crippen LogP contribution in [0.5, 0.6) is 5.75 Å². The van der Waals surface area contributed by atoms with Gasteiger partial charge in [0, 0.05) is 7.11 Å². The largest absolute Gasteiger partial charge is 1.00 e. The van der Waals surface area contributed by atoms with Crippen LogP contribution in [0.2, 0.25) is 0 Å². The first-order valence-corrected chi connectivity index (χ1v) is 4.99. The molecule has 0 amide bonds. The Bertz CT molecular complexity index is 387. The van der Waals surface area contributed by atoms with Crippen LogP contribution in [0.15, 0.2) is 18.2 Å². The van der Waals surface area contributed by atoms with Crippen LogP contribution < -0.4 is 61.6 Å². The van der Waals surface area contributed by atoms with Gasteiger partial charge in [0.15, 0.2) is 11.6 Å². The topological polar surface area (TPSA) is 18.5 Å². The van der Waals surface area contributed by atoms with Crippen molar-refractivity contribution in [1.29, 1.82) is 0 Å². The molecule has 0 spiro atoms. The molecule has 1 unspecified atom stereocenters. The van der Waals surface area contributed by atoms with Crippen molar-refractivity contribution in [3.63, 3.8) is 0 Å². The maximum Gasteiger partial charge on any atom is 1.00 e. The van der Waals surface area contributed by atoms with E-state index in [-0.39, 0.29) is 58.0 Å². The van der Waals surface area contributed by atoms with Gasteiger partial charge in [0.05, 0.1) is 6.61 Å². The molecule has 8 heteroatoms. The zero-order valence-corrected chi connectivity index (χ0v) is 13.5. The molecule has 18 heavy (non-hydrogen) atoms. The van der Waals surface area contributed by atoms with Crippen LogP contribution >= 0.6 is 0 Å². The molecular formula is C10H12BF4KO2. The first-order chi connectivity index (χ1) is 7.84. The van der Waals surface area contributed by atoms with Crippen molar-refractivity contribution in [2.75, 3.05) is 13.7 Å². The molecule has 0 aliphatic carbocycles. The minimum atomic E-state index is -5.16. The molecule has 1 atom stereocenters. The number of halogens is 4. The third-order valence-electron chi connectivity index (χ3n) is 2.06. The molecule has 2 nitrogen and oxygen atoms in total. The summed E-state index contributed by atoms with van der Waals surface area (Å²) in [6.45, 7) is -3.41. The van der Waals surface area contributed by atoms with E-state index >= 15 is 0 Å². The molecule has 0 saturated heterocycles. The number of rotatable bonds is 5. The normalized spacial score (nSPS) is 12.8. The van der Waals surface area contributed by atoms with Crippen LogP contribution in [0.4, 0.5) is 17.3 Å². The first-order valence-electron chi connectivity index (χ1n) is 4.99. The van der Waals surface area contributed by atoms with Crippen molar-refractivity contribution < 1.29 is 78.2 Å². The van der Waals surface area contributed by atoms with Gasteiger partial charge >= 0.3 is 58.4 Å². The minimum Gasteiger partial charge on any atom is -0.485 e. The number of hydrogen-bond acceptors (Lipinski definition) is 2. The standard InChI is InChI=1S/C10H12BF4O2.K/c1-7(6-16-2)17-10-5-8(11(13,14)15)3-4-9(10)12;/h3-5,7H,6H2,1-2H3;/q-1;+1. The van der Waals surface area contributed by atoms with Crippen molar-refractivity contribution in [3.8, 4) is 5.75 Å². The van der Waals surface area contributed by atoms with Crippen LogP contribution in [0, 0.1) is 5.82 Å². The fourth-order valence-corrected chi connectivity index (χ4v) is 1.30. The smallest absolute Gasteiger partial charge is 0.485 e. The molecule has 1 aromatic carbocycles. The van der Waals surface area contributed by atoms with Crippen LogP contribution in [-0.2, 0) is 4.74 Å². The summed E-state index contributed by atoms with van der Waals surface area (Å²) in [6, 6.07) is 2.12. The fourth-order valence-electron chi connectivity index (χ4n) is 1.30. The SMILES string of the molecule is COCC(C)Oc1cc([B-](F)(F)F)ccc1F.[K+]. The summed E-state index contributed by atoms with van der Waals surface area (Å²) in [4.78, 5) is 0. The van der Waals surface area contributed by atoms with Gasteiger partial charge in [-0.3, -0.25) is 0 Å². The monoisotopic (exact) mass is 290 g/mol. The van der Waals surface area contributed by atoms with Crippen LogP contribution in [0.3, 0.4) is 0 Å². The Kier molecular flexibility index (Phi) is 8.04. The molecular weight excluding hydrogens is 278 g/mol. The summed E-state index contributed by atoms with van der Waals surface area (Å²) in [5.74, 6) is -1.23. The average molecular weight is 290 g/mol. The van der Waals surface area contributed by atoms with Crippen molar-refractivity contribution in [1.82, 2.24) is 0 Å². The Morgan fingerprint density at radius 1 is 1.28 bits per heavy atom. The second-order valence-electron chi connectivity index (χ2n) is 3.65. The minimum absolute atomic E-state index is 0. The van der Waals surface area contributed by atoms with Crippen LogP contribution in [0.1, 0.15) is 6.92 Å². The number of methoxy groups -OCH3 is 1.